The Morgan fingerprint density at radius 3 is 2.48 bits per heavy atom. The van der Waals surface area contributed by atoms with Crippen molar-refractivity contribution >= 4 is 29.0 Å². The summed E-state index contributed by atoms with van der Waals surface area (Å²) < 4.78 is 10.7. The quantitative estimate of drug-likeness (QED) is 0.300. The van der Waals surface area contributed by atoms with E-state index in [1.807, 2.05) is 0 Å². The molecule has 0 bridgehead atoms. The molecule has 6 heteroatoms. The fraction of sp³-hybridized carbons (Fsp3) is 0.0870. The molecule has 0 fully saturated rings. The van der Waals surface area contributed by atoms with Gasteiger partial charge in [0.15, 0.2) is 0 Å². The molecule has 0 atom stereocenters. The molecule has 3 aromatic rings. The third-order valence-corrected chi connectivity index (χ3v) is 4.22. The zero-order valence-corrected chi connectivity index (χ0v) is 15.9. The molecule has 0 aliphatic heterocycles. The molecule has 0 radical (unpaired) electrons. The van der Waals surface area contributed by atoms with Crippen molar-refractivity contribution in [2.45, 2.75) is 13.8 Å². The number of benzene rings is 2. The van der Waals surface area contributed by atoms with Crippen LogP contribution < -0.4 is 10.4 Å². The molecule has 1 heterocycles. The summed E-state index contributed by atoms with van der Waals surface area (Å²) in [6, 6.07) is 13.2. The number of esters is 1. The molecular weight excluding hydrogens is 372 g/mol. The molecular formula is C23H18O6. The average molecular weight is 390 g/mol. The molecule has 0 aliphatic carbocycles. The first-order valence-corrected chi connectivity index (χ1v) is 8.73. The van der Waals surface area contributed by atoms with Gasteiger partial charge in [0.1, 0.15) is 11.3 Å². The summed E-state index contributed by atoms with van der Waals surface area (Å²) in [5.74, 6) is -1.31. The van der Waals surface area contributed by atoms with Crippen LogP contribution in [0.25, 0.3) is 28.2 Å². The lowest BCUT2D eigenvalue weighted by atomic mass is 9.99. The van der Waals surface area contributed by atoms with Crippen LogP contribution in [0.4, 0.5) is 0 Å². The van der Waals surface area contributed by atoms with Crippen molar-refractivity contribution in [1.29, 1.82) is 0 Å². The van der Waals surface area contributed by atoms with Crippen molar-refractivity contribution in [3.8, 4) is 16.9 Å². The molecule has 0 amide bonds. The van der Waals surface area contributed by atoms with Gasteiger partial charge in [0, 0.05) is 33.7 Å². The lowest BCUT2D eigenvalue weighted by molar-refractivity contribution is -0.132. The summed E-state index contributed by atoms with van der Waals surface area (Å²) in [5, 5.41) is 9.66. The number of carbonyl (C=O) groups is 2. The molecule has 0 saturated carbocycles. The Bertz CT molecular complexity index is 1230. The van der Waals surface area contributed by atoms with Crippen molar-refractivity contribution in [3.63, 3.8) is 0 Å². The van der Waals surface area contributed by atoms with Gasteiger partial charge in [0.2, 0.25) is 0 Å². The molecule has 3 rings (SSSR count). The SMILES string of the molecule is C=C(C)C(=O)Oc1ccccc1-c1cc(=O)oc2cc(C=C(C)C(=O)O)ccc12. The molecule has 0 aliphatic rings. The summed E-state index contributed by atoms with van der Waals surface area (Å²) in [5.41, 5.74) is 1.78. The Labute approximate surface area is 166 Å². The number of aliphatic carboxylic acids is 1. The largest absolute Gasteiger partial charge is 0.478 e. The zero-order valence-electron chi connectivity index (χ0n) is 15.9. The van der Waals surface area contributed by atoms with Gasteiger partial charge in [-0.3, -0.25) is 0 Å². The van der Waals surface area contributed by atoms with Crippen LogP contribution in [0, 0.1) is 0 Å². The monoisotopic (exact) mass is 390 g/mol. The zero-order chi connectivity index (χ0) is 21.1. The first kappa shape index (κ1) is 19.8. The normalized spacial score (nSPS) is 11.3. The van der Waals surface area contributed by atoms with Crippen LogP contribution in [-0.4, -0.2) is 17.0 Å². The van der Waals surface area contributed by atoms with Gasteiger partial charge in [0.25, 0.3) is 0 Å². The smallest absolute Gasteiger partial charge is 0.338 e. The van der Waals surface area contributed by atoms with E-state index in [1.54, 1.807) is 49.4 Å². The van der Waals surface area contributed by atoms with E-state index in [0.717, 1.165) is 0 Å². The van der Waals surface area contributed by atoms with E-state index in [4.69, 9.17) is 14.3 Å². The van der Waals surface area contributed by atoms with Crippen LogP contribution in [0.1, 0.15) is 19.4 Å². The van der Waals surface area contributed by atoms with Crippen molar-refractivity contribution in [2.75, 3.05) is 0 Å². The van der Waals surface area contributed by atoms with Crippen LogP contribution in [0.2, 0.25) is 0 Å². The maximum atomic E-state index is 12.2. The maximum Gasteiger partial charge on any atom is 0.338 e. The van der Waals surface area contributed by atoms with Crippen LogP contribution in [-0.2, 0) is 9.59 Å². The van der Waals surface area contributed by atoms with Gasteiger partial charge < -0.3 is 14.3 Å². The molecule has 0 unspecified atom stereocenters. The van der Waals surface area contributed by atoms with Crippen molar-refractivity contribution in [3.05, 3.63) is 82.2 Å². The molecule has 0 spiro atoms. The summed E-state index contributed by atoms with van der Waals surface area (Å²) in [4.78, 5) is 35.2. The molecule has 146 valence electrons. The van der Waals surface area contributed by atoms with Crippen molar-refractivity contribution in [1.82, 2.24) is 0 Å². The Morgan fingerprint density at radius 2 is 1.79 bits per heavy atom. The Hall–Kier alpha value is -3.93. The third kappa shape index (κ3) is 4.32. The fourth-order valence-corrected chi connectivity index (χ4v) is 2.77. The highest BCUT2D eigenvalue weighted by molar-refractivity contribution is 5.98. The number of hydrogen-bond donors (Lipinski definition) is 1. The number of carboxylic acid groups (broad SMARTS) is 1. The summed E-state index contributed by atoms with van der Waals surface area (Å²) in [7, 11) is 0. The molecule has 1 N–H and O–H groups in total. The minimum atomic E-state index is -1.03. The lowest BCUT2D eigenvalue weighted by Gasteiger charge is -2.12. The van der Waals surface area contributed by atoms with Crippen molar-refractivity contribution < 1.29 is 23.8 Å². The first-order chi connectivity index (χ1) is 13.8. The number of ether oxygens (including phenoxy) is 1. The van der Waals surface area contributed by atoms with Gasteiger partial charge >= 0.3 is 17.6 Å². The molecule has 1 aromatic heterocycles. The minimum Gasteiger partial charge on any atom is -0.478 e. The highest BCUT2D eigenvalue weighted by Crippen LogP contribution is 2.35. The number of para-hydroxylation sites is 1. The van der Waals surface area contributed by atoms with Crippen LogP contribution in [0.5, 0.6) is 5.75 Å². The predicted molar refractivity (Wildman–Crippen MR) is 110 cm³/mol. The summed E-state index contributed by atoms with van der Waals surface area (Å²) >= 11 is 0. The van der Waals surface area contributed by atoms with E-state index in [2.05, 4.69) is 6.58 Å². The van der Waals surface area contributed by atoms with Crippen LogP contribution >= 0.6 is 0 Å². The highest BCUT2D eigenvalue weighted by Gasteiger charge is 2.15. The Balaban J connectivity index is 2.18. The van der Waals surface area contributed by atoms with Gasteiger partial charge in [0.05, 0.1) is 0 Å². The number of hydrogen-bond acceptors (Lipinski definition) is 5. The van der Waals surface area contributed by atoms with Crippen molar-refractivity contribution in [2.24, 2.45) is 0 Å². The standard InChI is InChI=1S/C23H18O6/c1-13(2)23(27)29-19-7-5-4-6-16(19)18-12-21(24)28-20-11-15(8-9-17(18)20)10-14(3)22(25)26/h4-12H,1H2,2-3H3,(H,25,26). The third-order valence-electron chi connectivity index (χ3n) is 4.22. The Morgan fingerprint density at radius 1 is 1.07 bits per heavy atom. The van der Waals surface area contributed by atoms with E-state index < -0.39 is 17.6 Å². The van der Waals surface area contributed by atoms with Gasteiger partial charge in [-0.25, -0.2) is 14.4 Å². The van der Waals surface area contributed by atoms with Gasteiger partial charge in [-0.15, -0.1) is 0 Å². The van der Waals surface area contributed by atoms with E-state index in [-0.39, 0.29) is 16.9 Å². The fourth-order valence-electron chi connectivity index (χ4n) is 2.77. The summed E-state index contributed by atoms with van der Waals surface area (Å²) in [6.45, 7) is 6.60. The van der Waals surface area contributed by atoms with Crippen LogP contribution in [0.3, 0.4) is 0 Å². The minimum absolute atomic E-state index is 0.153. The maximum absolute atomic E-state index is 12.2. The number of rotatable bonds is 5. The summed E-state index contributed by atoms with van der Waals surface area (Å²) in [6.07, 6.45) is 1.48. The number of fused-ring (bicyclic) bond motifs is 1. The molecule has 29 heavy (non-hydrogen) atoms. The molecule has 6 nitrogen and oxygen atoms in total. The Kier molecular flexibility index (Phi) is 5.45. The second kappa shape index (κ2) is 7.98. The first-order valence-electron chi connectivity index (χ1n) is 8.73. The van der Waals surface area contributed by atoms with Gasteiger partial charge in [-0.1, -0.05) is 36.9 Å². The molecule has 0 saturated heterocycles. The van der Waals surface area contributed by atoms with Crippen LogP contribution in [0.15, 0.2) is 75.5 Å². The predicted octanol–water partition coefficient (Wildman–Crippen LogP) is 4.43. The van der Waals surface area contributed by atoms with E-state index in [0.29, 0.717) is 27.7 Å². The topological polar surface area (TPSA) is 93.8 Å². The number of carboxylic acids is 1. The second-order valence-corrected chi connectivity index (χ2v) is 6.53. The second-order valence-electron chi connectivity index (χ2n) is 6.53. The average Bonchev–Trinajstić information content (AvgIpc) is 2.67. The van der Waals surface area contributed by atoms with E-state index in [1.165, 1.54) is 19.1 Å². The molecule has 2 aromatic carbocycles. The van der Waals surface area contributed by atoms with Gasteiger partial charge in [-0.05, 0) is 37.6 Å². The van der Waals surface area contributed by atoms with Gasteiger partial charge in [-0.2, -0.15) is 0 Å². The van der Waals surface area contributed by atoms with E-state index in [9.17, 15) is 14.4 Å². The number of carbonyl (C=O) groups excluding carboxylic acids is 1. The lowest BCUT2D eigenvalue weighted by Crippen LogP contribution is -2.09. The van der Waals surface area contributed by atoms with E-state index >= 15 is 0 Å². The highest BCUT2D eigenvalue weighted by atomic mass is 16.5.